The van der Waals surface area contributed by atoms with Crippen LogP contribution in [0.4, 0.5) is 4.79 Å². The summed E-state index contributed by atoms with van der Waals surface area (Å²) in [6.45, 7) is 9.51. The number of esters is 1. The van der Waals surface area contributed by atoms with E-state index in [4.69, 9.17) is 14.2 Å². The van der Waals surface area contributed by atoms with Gasteiger partial charge in [0.25, 0.3) is 11.1 Å². The third-order valence-corrected chi connectivity index (χ3v) is 5.42. The summed E-state index contributed by atoms with van der Waals surface area (Å²) in [5.74, 6) is -0.139. The molecule has 1 saturated heterocycles. The van der Waals surface area contributed by atoms with Gasteiger partial charge in [0.15, 0.2) is 11.5 Å². The van der Waals surface area contributed by atoms with Crippen LogP contribution in [0.1, 0.15) is 26.3 Å². The van der Waals surface area contributed by atoms with Gasteiger partial charge in [0.2, 0.25) is 0 Å². The summed E-state index contributed by atoms with van der Waals surface area (Å²) in [6, 6.07) is 2.45. The van der Waals surface area contributed by atoms with Crippen LogP contribution in [0, 0.1) is 0 Å². The highest BCUT2D eigenvalue weighted by atomic mass is 79.9. The highest BCUT2D eigenvalue weighted by molar-refractivity contribution is 9.10. The van der Waals surface area contributed by atoms with Crippen molar-refractivity contribution >= 4 is 50.9 Å². The van der Waals surface area contributed by atoms with Gasteiger partial charge in [-0.25, -0.2) is 4.79 Å². The lowest BCUT2D eigenvalue weighted by atomic mass is 10.1. The van der Waals surface area contributed by atoms with E-state index in [-0.39, 0.29) is 11.5 Å². The van der Waals surface area contributed by atoms with Crippen molar-refractivity contribution in [2.75, 3.05) is 19.8 Å². The van der Waals surface area contributed by atoms with Crippen LogP contribution in [0.5, 0.6) is 11.5 Å². The molecule has 0 radical (unpaired) electrons. The zero-order valence-corrected chi connectivity index (χ0v) is 18.8. The van der Waals surface area contributed by atoms with Gasteiger partial charge in [-0.15, -0.1) is 0 Å². The van der Waals surface area contributed by atoms with E-state index in [1.807, 2.05) is 6.92 Å². The summed E-state index contributed by atoms with van der Waals surface area (Å²) >= 11 is 4.23. The number of hydrogen-bond donors (Lipinski definition) is 0. The zero-order valence-electron chi connectivity index (χ0n) is 16.4. The summed E-state index contributed by atoms with van der Waals surface area (Å²) in [6.07, 6.45) is 3.20. The van der Waals surface area contributed by atoms with Crippen LogP contribution in [0.15, 0.2) is 34.2 Å². The first-order valence-electron chi connectivity index (χ1n) is 8.97. The van der Waals surface area contributed by atoms with Crippen molar-refractivity contribution < 1.29 is 28.6 Å². The number of imide groups is 1. The van der Waals surface area contributed by atoms with Crippen molar-refractivity contribution in [2.45, 2.75) is 26.8 Å². The van der Waals surface area contributed by atoms with Crippen LogP contribution in [-0.4, -0.2) is 47.9 Å². The number of halogens is 1. The average molecular weight is 484 g/mol. The molecule has 1 aliphatic rings. The van der Waals surface area contributed by atoms with Crippen LogP contribution < -0.4 is 9.47 Å². The fourth-order valence-corrected chi connectivity index (χ4v) is 3.85. The van der Waals surface area contributed by atoms with Crippen LogP contribution in [0.25, 0.3) is 6.08 Å². The van der Waals surface area contributed by atoms with E-state index in [9.17, 15) is 14.4 Å². The SMILES string of the molecule is C=CCOc1cc(Br)c(C=C2SC(=O)N(C(C)C(=O)OCC)C2=O)cc1OCC. The molecule has 0 saturated carbocycles. The molecule has 1 heterocycles. The molecule has 1 unspecified atom stereocenters. The van der Waals surface area contributed by atoms with E-state index in [0.29, 0.717) is 34.7 Å². The molecule has 29 heavy (non-hydrogen) atoms. The second-order valence-electron chi connectivity index (χ2n) is 5.83. The van der Waals surface area contributed by atoms with E-state index in [2.05, 4.69) is 22.5 Å². The van der Waals surface area contributed by atoms with Gasteiger partial charge in [0, 0.05) is 4.47 Å². The van der Waals surface area contributed by atoms with Crippen molar-refractivity contribution in [2.24, 2.45) is 0 Å². The van der Waals surface area contributed by atoms with Crippen LogP contribution >= 0.6 is 27.7 Å². The van der Waals surface area contributed by atoms with Crippen LogP contribution in [0.2, 0.25) is 0 Å². The van der Waals surface area contributed by atoms with Crippen molar-refractivity contribution in [3.8, 4) is 11.5 Å². The molecule has 0 spiro atoms. The lowest BCUT2D eigenvalue weighted by Crippen LogP contribution is -2.42. The summed E-state index contributed by atoms with van der Waals surface area (Å²) < 4.78 is 16.8. The molecule has 2 amide bonds. The van der Waals surface area contributed by atoms with Gasteiger partial charge >= 0.3 is 5.97 Å². The largest absolute Gasteiger partial charge is 0.490 e. The van der Waals surface area contributed by atoms with E-state index in [1.165, 1.54) is 6.92 Å². The third kappa shape index (κ3) is 5.42. The van der Waals surface area contributed by atoms with Gasteiger partial charge in [-0.1, -0.05) is 28.6 Å². The molecule has 1 fully saturated rings. The molecule has 1 aliphatic heterocycles. The normalized spacial score (nSPS) is 16.1. The molecule has 2 rings (SSSR count). The van der Waals surface area contributed by atoms with E-state index in [1.54, 1.807) is 31.2 Å². The van der Waals surface area contributed by atoms with Gasteiger partial charge in [-0.3, -0.25) is 14.5 Å². The predicted molar refractivity (Wildman–Crippen MR) is 115 cm³/mol. The number of ether oxygens (including phenoxy) is 3. The van der Waals surface area contributed by atoms with Gasteiger partial charge in [-0.05, 0) is 56.3 Å². The van der Waals surface area contributed by atoms with Crippen LogP contribution in [0.3, 0.4) is 0 Å². The fourth-order valence-electron chi connectivity index (χ4n) is 2.51. The predicted octanol–water partition coefficient (Wildman–Crippen LogP) is 4.40. The molecule has 0 aliphatic carbocycles. The number of nitrogens with zero attached hydrogens (tertiary/aromatic N) is 1. The number of rotatable bonds is 9. The standard InChI is InChI=1S/C20H22BrNO6S/c1-5-8-28-16-11-14(21)13(9-15(16)26-6-2)10-17-18(23)22(20(25)29-17)12(4)19(24)27-7-3/h5,9-12H,1,6-8H2,2-4H3. The maximum Gasteiger partial charge on any atom is 0.329 e. The minimum absolute atomic E-state index is 0.169. The van der Waals surface area contributed by atoms with Crippen molar-refractivity contribution in [3.05, 3.63) is 39.7 Å². The maximum atomic E-state index is 12.7. The van der Waals surface area contributed by atoms with E-state index < -0.39 is 23.2 Å². The number of hydrogen-bond acceptors (Lipinski definition) is 7. The van der Waals surface area contributed by atoms with Gasteiger partial charge in [0.1, 0.15) is 12.6 Å². The van der Waals surface area contributed by atoms with Gasteiger partial charge in [-0.2, -0.15) is 0 Å². The molecule has 0 bridgehead atoms. The Morgan fingerprint density at radius 3 is 2.55 bits per heavy atom. The number of thioether (sulfide) groups is 1. The molecule has 9 heteroatoms. The Morgan fingerprint density at radius 2 is 1.93 bits per heavy atom. The van der Waals surface area contributed by atoms with Crippen molar-refractivity contribution in [3.63, 3.8) is 0 Å². The first-order valence-corrected chi connectivity index (χ1v) is 10.6. The average Bonchev–Trinajstić information content (AvgIpc) is 2.96. The molecule has 7 nitrogen and oxygen atoms in total. The fraction of sp³-hybridized carbons (Fsp3) is 0.350. The van der Waals surface area contributed by atoms with Crippen LogP contribution in [-0.2, 0) is 14.3 Å². The number of carbonyl (C=O) groups excluding carboxylic acids is 3. The minimum Gasteiger partial charge on any atom is -0.490 e. The summed E-state index contributed by atoms with van der Waals surface area (Å²) in [7, 11) is 0. The monoisotopic (exact) mass is 483 g/mol. The number of benzene rings is 1. The molecule has 156 valence electrons. The molecule has 0 aromatic heterocycles. The van der Waals surface area contributed by atoms with E-state index in [0.717, 1.165) is 16.7 Å². The summed E-state index contributed by atoms with van der Waals surface area (Å²) in [5, 5.41) is -0.520. The summed E-state index contributed by atoms with van der Waals surface area (Å²) in [4.78, 5) is 38.1. The Labute approximate surface area is 182 Å². The first-order chi connectivity index (χ1) is 13.8. The second-order valence-corrected chi connectivity index (χ2v) is 7.68. The Morgan fingerprint density at radius 1 is 1.24 bits per heavy atom. The van der Waals surface area contributed by atoms with Gasteiger partial charge in [0.05, 0.1) is 18.1 Å². The van der Waals surface area contributed by atoms with Crippen molar-refractivity contribution in [1.82, 2.24) is 4.90 Å². The maximum absolute atomic E-state index is 12.7. The molecule has 1 atom stereocenters. The molecule has 1 aromatic carbocycles. The lowest BCUT2D eigenvalue weighted by Gasteiger charge is -2.19. The second kappa shape index (κ2) is 10.5. The molecule has 0 N–H and O–H groups in total. The zero-order chi connectivity index (χ0) is 21.6. The summed E-state index contributed by atoms with van der Waals surface area (Å²) in [5.41, 5.74) is 0.633. The Hall–Kier alpha value is -2.26. The topological polar surface area (TPSA) is 82.1 Å². The lowest BCUT2D eigenvalue weighted by molar-refractivity contribution is -0.150. The number of carbonyl (C=O) groups is 3. The molecular weight excluding hydrogens is 462 g/mol. The molecular formula is C20H22BrNO6S. The Balaban J connectivity index is 2.34. The quantitative estimate of drug-likeness (QED) is 0.292. The first kappa shape index (κ1) is 23.0. The Kier molecular flexibility index (Phi) is 8.33. The highest BCUT2D eigenvalue weighted by Gasteiger charge is 2.41. The molecule has 1 aromatic rings. The third-order valence-electron chi connectivity index (χ3n) is 3.84. The Bertz CT molecular complexity index is 854. The smallest absolute Gasteiger partial charge is 0.329 e. The van der Waals surface area contributed by atoms with Gasteiger partial charge < -0.3 is 14.2 Å². The van der Waals surface area contributed by atoms with E-state index >= 15 is 0 Å². The minimum atomic E-state index is -0.995. The number of amides is 2. The van der Waals surface area contributed by atoms with Crippen molar-refractivity contribution in [1.29, 1.82) is 0 Å². The highest BCUT2D eigenvalue weighted by Crippen LogP contribution is 2.38.